The number of fused-ring (bicyclic) bond motifs is 8. The van der Waals surface area contributed by atoms with Crippen molar-refractivity contribution >= 4 is 24.3 Å². The maximum Gasteiger partial charge on any atom is 2.00 e. The molecule has 0 saturated heterocycles. The molecule has 8 bridgehead atoms. The molecule has 2 N–H and O–H groups in total. The predicted octanol–water partition coefficient (Wildman–Crippen LogP) is 3.37. The predicted molar refractivity (Wildman–Crippen MR) is 150 cm³/mol. The van der Waals surface area contributed by atoms with Crippen molar-refractivity contribution in [3.63, 3.8) is 0 Å². The van der Waals surface area contributed by atoms with Crippen molar-refractivity contribution in [2.75, 3.05) is 0 Å². The third-order valence-corrected chi connectivity index (χ3v) is 8.21. The van der Waals surface area contributed by atoms with Crippen molar-refractivity contribution in [3.05, 3.63) is 88.7 Å². The Morgan fingerprint density at radius 1 is 0.459 bits per heavy atom. The molecule has 0 aliphatic carbocycles. The maximum absolute atomic E-state index is 5.15. The molecule has 0 amide bonds. The van der Waals surface area contributed by atoms with Gasteiger partial charge >= 0.3 is 16.5 Å². The molecule has 0 fully saturated rings. The summed E-state index contributed by atoms with van der Waals surface area (Å²) in [5.74, 6) is 0. The molecule has 0 radical (unpaired) electrons. The van der Waals surface area contributed by atoms with Crippen LogP contribution in [0.2, 0.25) is 0 Å². The Kier molecular flexibility index (Phi) is 7.67. The molecule has 0 atom stereocenters. The molecule has 37 heavy (non-hydrogen) atoms. The Morgan fingerprint density at radius 2 is 0.784 bits per heavy atom. The number of aromatic nitrogens is 4. The van der Waals surface area contributed by atoms with E-state index in [4.69, 9.17) is 9.97 Å². The van der Waals surface area contributed by atoms with Gasteiger partial charge < -0.3 is 19.9 Å². The summed E-state index contributed by atoms with van der Waals surface area (Å²) in [5.41, 5.74) is 14.7. The zero-order valence-electron chi connectivity index (χ0n) is 23.3. The summed E-state index contributed by atoms with van der Waals surface area (Å²) in [4.78, 5) is 17.7. The van der Waals surface area contributed by atoms with E-state index in [9.17, 15) is 0 Å². The fourth-order valence-electron chi connectivity index (χ4n) is 6.02. The Hall–Kier alpha value is -2.91. The first-order chi connectivity index (χ1) is 17.3. The summed E-state index contributed by atoms with van der Waals surface area (Å²) >= 11 is 0. The van der Waals surface area contributed by atoms with Crippen molar-refractivity contribution in [1.82, 2.24) is 19.9 Å². The zero-order valence-corrected chi connectivity index (χ0v) is 24.3. The summed E-state index contributed by atoms with van der Waals surface area (Å²) < 4.78 is 0. The van der Waals surface area contributed by atoms with Crippen LogP contribution in [0, 0.1) is 27.7 Å². The van der Waals surface area contributed by atoms with Crippen molar-refractivity contribution < 1.29 is 16.5 Å². The zero-order chi connectivity index (χ0) is 25.7. The summed E-state index contributed by atoms with van der Waals surface area (Å²) in [6.07, 6.45) is 12.8. The van der Waals surface area contributed by atoms with Crippen molar-refractivity contribution in [1.29, 1.82) is 0 Å². The number of aromatic amines is 2. The van der Waals surface area contributed by atoms with E-state index in [-0.39, 0.29) is 16.5 Å². The van der Waals surface area contributed by atoms with Gasteiger partial charge in [-0.05, 0) is 75.6 Å². The topological polar surface area (TPSA) is 59.8 Å². The molecule has 4 nitrogen and oxygen atoms in total. The molecule has 5 rings (SSSR count). The van der Waals surface area contributed by atoms with E-state index < -0.39 is 0 Å². The summed E-state index contributed by atoms with van der Waals surface area (Å²) in [7, 11) is 0. The van der Waals surface area contributed by atoms with Crippen LogP contribution in [-0.2, 0) is 42.2 Å². The van der Waals surface area contributed by atoms with Gasteiger partial charge in [0.15, 0.2) is 0 Å². The van der Waals surface area contributed by atoms with Crippen LogP contribution in [0.25, 0.3) is 24.3 Å². The number of hydrogen-bond donors (Lipinski definition) is 2. The van der Waals surface area contributed by atoms with Gasteiger partial charge in [0, 0.05) is 21.4 Å². The monoisotopic (exact) mass is 536 g/mol. The van der Waals surface area contributed by atoms with Gasteiger partial charge in [-0.25, -0.2) is 0 Å². The number of H-pyrrole nitrogens is 2. The van der Waals surface area contributed by atoms with E-state index in [2.05, 4.69) is 89.7 Å². The van der Waals surface area contributed by atoms with Gasteiger partial charge in [0.1, 0.15) is 0 Å². The molecule has 0 spiro atoms. The smallest absolute Gasteiger partial charge is 0.657 e. The second-order valence-corrected chi connectivity index (χ2v) is 10.1. The van der Waals surface area contributed by atoms with Crippen LogP contribution < -0.4 is 31.4 Å². The van der Waals surface area contributed by atoms with E-state index >= 15 is 0 Å². The number of hydrogen-bond acceptors (Lipinski definition) is 0. The second-order valence-electron chi connectivity index (χ2n) is 10.1. The van der Waals surface area contributed by atoms with E-state index in [1.807, 2.05) is 0 Å². The van der Waals surface area contributed by atoms with Crippen molar-refractivity contribution in [2.24, 2.45) is 0 Å². The normalized spacial score (nSPS) is 16.0. The van der Waals surface area contributed by atoms with Crippen LogP contribution >= 0.6 is 0 Å². The maximum atomic E-state index is 5.15. The van der Waals surface area contributed by atoms with Crippen LogP contribution in [0.15, 0.2) is 0 Å². The largest absolute Gasteiger partial charge is 2.00 e. The number of nitrogens with one attached hydrogen (secondary N) is 2. The SMILES string of the molecule is CCc1c2[n-]c(c1C)/C=c1\[nH]/c(c(C)c1CC)=C\c1[n-]c(c(C)c1CC)/C=c1\[nH]/c(c(C)c1CC)=C\2.[Ni+2]. The minimum atomic E-state index is 0. The minimum Gasteiger partial charge on any atom is -0.657 e. The third kappa shape index (κ3) is 4.42. The van der Waals surface area contributed by atoms with Crippen LogP contribution in [0.1, 0.15) is 95.0 Å². The molecular formula is C32H38N4Ni. The summed E-state index contributed by atoms with van der Waals surface area (Å²) in [5, 5.41) is 4.59. The summed E-state index contributed by atoms with van der Waals surface area (Å²) in [6.45, 7) is 17.8. The Bertz CT molecular complexity index is 1590. The van der Waals surface area contributed by atoms with Crippen LogP contribution in [-0.4, -0.2) is 9.97 Å². The first-order valence-corrected chi connectivity index (χ1v) is 13.4. The van der Waals surface area contributed by atoms with Gasteiger partial charge in [0.2, 0.25) is 0 Å². The van der Waals surface area contributed by atoms with Gasteiger partial charge in [-0.1, -0.05) is 74.3 Å². The molecule has 0 unspecified atom stereocenters. The average Bonchev–Trinajstić information content (AvgIpc) is 3.51. The molecule has 1 aliphatic rings. The number of rotatable bonds is 4. The Labute approximate surface area is 230 Å². The van der Waals surface area contributed by atoms with E-state index in [1.54, 1.807) is 0 Å². The summed E-state index contributed by atoms with van der Waals surface area (Å²) in [6, 6.07) is 0. The molecule has 4 aromatic rings. The molecule has 5 heterocycles. The standard InChI is InChI=1S/C32H38N4.Ni/c1-9-21-17(5)25-14-30-23(11-3)19(7)27(35-30)16-32-24(12-4)20(8)28(36-32)15-31-22(10-2)18(6)26(34-31)13-29(21)33-25;/h13-16,33,36H,9-12H2,1-8H3;/q-2;+2/b25-14-,26-13?,27-16?,28-15-,29-13-,30-14?,31-15?,32-16-;. The van der Waals surface area contributed by atoms with Crippen molar-refractivity contribution in [2.45, 2.75) is 81.1 Å². The van der Waals surface area contributed by atoms with Gasteiger partial charge in [0.05, 0.1) is 0 Å². The third-order valence-electron chi connectivity index (χ3n) is 8.21. The second kappa shape index (κ2) is 10.5. The average molecular weight is 537 g/mol. The quantitative estimate of drug-likeness (QED) is 0.346. The van der Waals surface area contributed by atoms with Crippen LogP contribution in [0.4, 0.5) is 0 Å². The Morgan fingerprint density at radius 3 is 1.11 bits per heavy atom. The first-order valence-electron chi connectivity index (χ1n) is 13.4. The van der Waals surface area contributed by atoms with Crippen molar-refractivity contribution in [3.8, 4) is 0 Å². The fraction of sp³-hybridized carbons (Fsp3) is 0.375. The molecule has 196 valence electrons. The molecule has 1 aliphatic heterocycles. The molecular weight excluding hydrogens is 499 g/mol. The molecule has 4 aromatic heterocycles. The van der Waals surface area contributed by atoms with E-state index in [1.165, 1.54) is 44.5 Å². The number of nitrogens with zero attached hydrogens (tertiary/aromatic N) is 2. The Balaban J connectivity index is 0.00000320. The van der Waals surface area contributed by atoms with Gasteiger partial charge in [-0.15, -0.1) is 22.8 Å². The molecule has 0 aromatic carbocycles. The first kappa shape index (κ1) is 27.1. The van der Waals surface area contributed by atoms with Gasteiger partial charge in [-0.2, -0.15) is 0 Å². The molecule has 5 heteroatoms. The minimum absolute atomic E-state index is 0. The van der Waals surface area contributed by atoms with Gasteiger partial charge in [0.25, 0.3) is 0 Å². The van der Waals surface area contributed by atoms with Crippen LogP contribution in [0.5, 0.6) is 0 Å². The van der Waals surface area contributed by atoms with E-state index in [0.29, 0.717) is 0 Å². The molecule has 0 saturated carbocycles. The van der Waals surface area contributed by atoms with Gasteiger partial charge in [-0.3, -0.25) is 0 Å². The fourth-order valence-corrected chi connectivity index (χ4v) is 6.02. The van der Waals surface area contributed by atoms with Crippen LogP contribution in [0.3, 0.4) is 0 Å². The van der Waals surface area contributed by atoms with E-state index in [0.717, 1.165) is 69.9 Å².